The fourth-order valence-electron chi connectivity index (χ4n) is 13.0. The molecule has 2 atom stereocenters. The Labute approximate surface area is 557 Å². The highest BCUT2D eigenvalue weighted by Crippen LogP contribution is 2.20. The first-order valence-corrected chi connectivity index (χ1v) is 40.7. The van der Waals surface area contributed by atoms with Crippen LogP contribution in [0.2, 0.25) is 0 Å². The van der Waals surface area contributed by atoms with Crippen LogP contribution in [0.25, 0.3) is 0 Å². The Hall–Kier alpha value is -1.92. The predicted molar refractivity (Wildman–Crippen MR) is 393 cm³/mol. The highest BCUT2D eigenvalue weighted by molar-refractivity contribution is 5.76. The minimum absolute atomic E-state index is 0.0167. The van der Waals surface area contributed by atoms with E-state index in [4.69, 9.17) is 4.74 Å². The van der Waals surface area contributed by atoms with Crippen LogP contribution >= 0.6 is 0 Å². The third kappa shape index (κ3) is 75.0. The second-order valence-electron chi connectivity index (χ2n) is 28.1. The van der Waals surface area contributed by atoms with Gasteiger partial charge in [0.15, 0.2) is 0 Å². The summed E-state index contributed by atoms with van der Waals surface area (Å²) in [5, 5.41) is 23.4. The fraction of sp³-hybridized carbons (Fsp3) is 0.904. The van der Waals surface area contributed by atoms with E-state index in [1.165, 1.54) is 372 Å². The van der Waals surface area contributed by atoms with Gasteiger partial charge in [-0.25, -0.2) is 0 Å². The number of nitrogens with one attached hydrogen (secondary N) is 1. The third-order valence-electron chi connectivity index (χ3n) is 19.2. The van der Waals surface area contributed by atoms with E-state index in [2.05, 4.69) is 55.6 Å². The molecule has 0 spiro atoms. The number of hydrogen-bond acceptors (Lipinski definition) is 5. The smallest absolute Gasteiger partial charge is 0.305 e. The van der Waals surface area contributed by atoms with Crippen molar-refractivity contribution in [2.24, 2.45) is 0 Å². The quantitative estimate of drug-likeness (QED) is 0.0320. The van der Waals surface area contributed by atoms with Gasteiger partial charge in [-0.15, -0.1) is 0 Å². The van der Waals surface area contributed by atoms with Gasteiger partial charge in [0, 0.05) is 12.8 Å². The van der Waals surface area contributed by atoms with Crippen molar-refractivity contribution >= 4 is 11.9 Å². The van der Waals surface area contributed by atoms with E-state index in [0.717, 1.165) is 51.4 Å². The number of ether oxygens (including phenoxy) is 1. The number of aliphatic hydroxyl groups excluding tert-OH is 2. The Kier molecular flexibility index (Phi) is 76.8. The van der Waals surface area contributed by atoms with Gasteiger partial charge < -0.3 is 20.3 Å². The van der Waals surface area contributed by atoms with Gasteiger partial charge in [-0.3, -0.25) is 9.59 Å². The highest BCUT2D eigenvalue weighted by Gasteiger charge is 2.20. The van der Waals surface area contributed by atoms with Crippen LogP contribution in [0.1, 0.15) is 457 Å². The van der Waals surface area contributed by atoms with E-state index in [1.54, 1.807) is 0 Å². The molecule has 0 aliphatic carbocycles. The molecule has 0 aromatic rings. The molecule has 0 aromatic heterocycles. The van der Waals surface area contributed by atoms with Crippen LogP contribution in [0.4, 0.5) is 0 Å². The van der Waals surface area contributed by atoms with Gasteiger partial charge >= 0.3 is 5.97 Å². The molecule has 0 radical (unpaired) electrons. The molecule has 0 rings (SSSR count). The van der Waals surface area contributed by atoms with Crippen molar-refractivity contribution in [3.8, 4) is 0 Å². The predicted octanol–water partition coefficient (Wildman–Crippen LogP) is 27.0. The van der Waals surface area contributed by atoms with E-state index in [-0.39, 0.29) is 18.5 Å². The molecule has 0 fully saturated rings. The molecule has 1 amide bonds. The first-order valence-electron chi connectivity index (χ1n) is 40.7. The molecular formula is C83H159NO5. The second-order valence-corrected chi connectivity index (χ2v) is 28.1. The maximum Gasteiger partial charge on any atom is 0.305 e. The molecule has 0 saturated heterocycles. The summed E-state index contributed by atoms with van der Waals surface area (Å²) in [4.78, 5) is 24.7. The molecule has 0 bridgehead atoms. The average Bonchev–Trinajstić information content (AvgIpc) is 3.67. The molecule has 526 valence electrons. The van der Waals surface area contributed by atoms with Crippen molar-refractivity contribution in [2.75, 3.05) is 13.2 Å². The number of rotatable bonds is 77. The van der Waals surface area contributed by atoms with E-state index in [0.29, 0.717) is 25.9 Å². The molecule has 0 aliphatic heterocycles. The highest BCUT2D eigenvalue weighted by atomic mass is 16.5. The van der Waals surface area contributed by atoms with Crippen LogP contribution in [0.15, 0.2) is 36.5 Å². The van der Waals surface area contributed by atoms with Crippen molar-refractivity contribution in [3.05, 3.63) is 36.5 Å². The molecule has 89 heavy (non-hydrogen) atoms. The summed E-state index contributed by atoms with van der Waals surface area (Å²) in [7, 11) is 0. The van der Waals surface area contributed by atoms with Crippen LogP contribution in [0, 0.1) is 0 Å². The maximum absolute atomic E-state index is 12.5. The molecule has 6 heteroatoms. The number of carbonyl (C=O) groups excluding carboxylic acids is 2. The summed E-state index contributed by atoms with van der Waals surface area (Å²) in [6.07, 6.45) is 102. The van der Waals surface area contributed by atoms with Gasteiger partial charge in [-0.1, -0.05) is 397 Å². The van der Waals surface area contributed by atoms with Crippen LogP contribution < -0.4 is 5.32 Å². The molecule has 0 heterocycles. The molecular weight excluding hydrogens is 1090 g/mol. The van der Waals surface area contributed by atoms with E-state index < -0.39 is 12.1 Å². The van der Waals surface area contributed by atoms with Crippen molar-refractivity contribution in [1.82, 2.24) is 5.32 Å². The fourth-order valence-corrected chi connectivity index (χ4v) is 13.0. The summed E-state index contributed by atoms with van der Waals surface area (Å²) < 4.78 is 5.51. The Bertz CT molecular complexity index is 1440. The Morgan fingerprint density at radius 3 is 0.865 bits per heavy atom. The van der Waals surface area contributed by atoms with Gasteiger partial charge in [-0.05, 0) is 83.5 Å². The van der Waals surface area contributed by atoms with Crippen LogP contribution in [0.5, 0.6) is 0 Å². The molecule has 0 saturated carbocycles. The summed E-state index contributed by atoms with van der Waals surface area (Å²) >= 11 is 0. The third-order valence-corrected chi connectivity index (χ3v) is 19.2. The molecule has 6 nitrogen and oxygen atoms in total. The molecule has 3 N–H and O–H groups in total. The number of aliphatic hydroxyl groups is 2. The van der Waals surface area contributed by atoms with Gasteiger partial charge in [0.05, 0.1) is 25.4 Å². The van der Waals surface area contributed by atoms with Crippen molar-refractivity contribution in [1.29, 1.82) is 0 Å². The largest absolute Gasteiger partial charge is 0.466 e. The Balaban J connectivity index is 3.35. The number of carbonyl (C=O) groups is 2. The number of esters is 1. The molecule has 0 aromatic carbocycles. The van der Waals surface area contributed by atoms with Crippen molar-refractivity contribution < 1.29 is 24.5 Å². The number of unbranched alkanes of at least 4 members (excludes halogenated alkanes) is 60. The molecule has 0 aliphatic rings. The SMILES string of the molecule is CCCCCCCCC/C=C\CCCCCCCCCC(=O)OCCCCCCCCCCCCCCC/C=C\C/C=C\CCCCCCCCCCCCCCCCCCCC(=O)NC(CO)C(O)CCCCCCCCCCCCCCCCCCC. The maximum atomic E-state index is 12.5. The first kappa shape index (κ1) is 87.1. The minimum atomic E-state index is -0.663. The van der Waals surface area contributed by atoms with Gasteiger partial charge in [0.25, 0.3) is 0 Å². The lowest BCUT2D eigenvalue weighted by molar-refractivity contribution is -0.143. The zero-order chi connectivity index (χ0) is 64.2. The normalized spacial score (nSPS) is 12.6. The van der Waals surface area contributed by atoms with E-state index >= 15 is 0 Å². The van der Waals surface area contributed by atoms with Crippen LogP contribution in [-0.2, 0) is 14.3 Å². The number of amides is 1. The zero-order valence-corrected chi connectivity index (χ0v) is 60.4. The molecule has 2 unspecified atom stereocenters. The van der Waals surface area contributed by atoms with Crippen LogP contribution in [-0.4, -0.2) is 47.4 Å². The zero-order valence-electron chi connectivity index (χ0n) is 60.4. The van der Waals surface area contributed by atoms with Crippen LogP contribution in [0.3, 0.4) is 0 Å². The summed E-state index contributed by atoms with van der Waals surface area (Å²) in [6.45, 7) is 5.00. The lowest BCUT2D eigenvalue weighted by Gasteiger charge is -2.22. The summed E-state index contributed by atoms with van der Waals surface area (Å²) in [5.74, 6) is -0.0115. The second kappa shape index (κ2) is 78.5. The lowest BCUT2D eigenvalue weighted by atomic mass is 10.0. The van der Waals surface area contributed by atoms with Gasteiger partial charge in [-0.2, -0.15) is 0 Å². The van der Waals surface area contributed by atoms with Gasteiger partial charge in [0.2, 0.25) is 5.91 Å². The van der Waals surface area contributed by atoms with Crippen molar-refractivity contribution in [2.45, 2.75) is 469 Å². The average molecular weight is 1250 g/mol. The van der Waals surface area contributed by atoms with Crippen molar-refractivity contribution in [3.63, 3.8) is 0 Å². The van der Waals surface area contributed by atoms with E-state index in [9.17, 15) is 19.8 Å². The lowest BCUT2D eigenvalue weighted by Crippen LogP contribution is -2.45. The standard InChI is InChI=1S/C83H159NO5/c1-3-5-7-9-11-13-15-17-19-21-45-49-53-57-61-65-69-73-77-83(88)89-78-74-70-66-62-58-54-50-46-42-40-38-36-34-32-30-28-26-24-22-23-25-27-29-31-33-35-37-39-41-44-48-52-56-60-64-68-72-76-82(87)84-80(79-85)81(86)75-71-67-63-59-55-51-47-43-20-18-16-14-12-10-8-6-4-2/h19,21-22,24,28,30,80-81,85-86H,3-18,20,23,25-27,29,31-79H2,1-2H3,(H,84,87)/b21-19-,24-22-,30-28-. The monoisotopic (exact) mass is 1250 g/mol. The Morgan fingerprint density at radius 2 is 0.562 bits per heavy atom. The summed E-state index contributed by atoms with van der Waals surface area (Å²) in [5.41, 5.74) is 0. The first-order chi connectivity index (χ1) is 44.0. The number of hydrogen-bond donors (Lipinski definition) is 3. The Morgan fingerprint density at radius 1 is 0.315 bits per heavy atom. The minimum Gasteiger partial charge on any atom is -0.466 e. The van der Waals surface area contributed by atoms with E-state index in [1.807, 2.05) is 0 Å². The topological polar surface area (TPSA) is 95.9 Å². The van der Waals surface area contributed by atoms with Gasteiger partial charge in [0.1, 0.15) is 0 Å². The number of allylic oxidation sites excluding steroid dienone is 6. The summed E-state index contributed by atoms with van der Waals surface area (Å²) in [6, 6.07) is -0.540.